The quantitative estimate of drug-likeness (QED) is 0.527. The van der Waals surface area contributed by atoms with E-state index < -0.39 is 0 Å². The van der Waals surface area contributed by atoms with Crippen LogP contribution >= 0.6 is 0 Å². The summed E-state index contributed by atoms with van der Waals surface area (Å²) in [6.45, 7) is 11.8. The Balaban J connectivity index is 1.69. The smallest absolute Gasteiger partial charge is 0.119 e. The highest BCUT2D eigenvalue weighted by Crippen LogP contribution is 2.16. The van der Waals surface area contributed by atoms with Gasteiger partial charge >= 0.3 is 0 Å². The summed E-state index contributed by atoms with van der Waals surface area (Å²) in [5.41, 5.74) is 2.53. The van der Waals surface area contributed by atoms with Gasteiger partial charge < -0.3 is 14.8 Å². The van der Waals surface area contributed by atoms with Crippen molar-refractivity contribution < 1.29 is 9.47 Å². The molecule has 0 aromatic heterocycles. The van der Waals surface area contributed by atoms with Crippen molar-refractivity contribution in [1.82, 2.24) is 10.2 Å². The predicted octanol–water partition coefficient (Wildman–Crippen LogP) is 3.23. The standard InChI is InChI=1S/C20H32N2O2/c1-17(2)16-22-10-8-19(9-11-22)21-15-18-6-4-7-20(14-18)24-13-5-12-23-3/h4,6-7,14,19,21H,1,5,8-13,15-16H2,2-3H3. The van der Waals surface area contributed by atoms with E-state index in [0.717, 1.165) is 45.0 Å². The van der Waals surface area contributed by atoms with Crippen LogP contribution in [0.25, 0.3) is 0 Å². The van der Waals surface area contributed by atoms with Crippen LogP contribution in [0.1, 0.15) is 31.7 Å². The molecule has 2 rings (SSSR count). The summed E-state index contributed by atoms with van der Waals surface area (Å²) in [6.07, 6.45) is 3.34. The Hall–Kier alpha value is -1.36. The van der Waals surface area contributed by atoms with Crippen LogP contribution in [-0.2, 0) is 11.3 Å². The summed E-state index contributed by atoms with van der Waals surface area (Å²) in [7, 11) is 1.72. The van der Waals surface area contributed by atoms with Crippen molar-refractivity contribution in [2.45, 2.75) is 38.8 Å². The SMILES string of the molecule is C=C(C)CN1CCC(NCc2cccc(OCCCOC)c2)CC1. The van der Waals surface area contributed by atoms with Gasteiger partial charge in [-0.25, -0.2) is 0 Å². The van der Waals surface area contributed by atoms with Gasteiger partial charge in [0, 0.05) is 39.3 Å². The molecule has 1 N–H and O–H groups in total. The van der Waals surface area contributed by atoms with Gasteiger partial charge in [-0.1, -0.05) is 24.3 Å². The monoisotopic (exact) mass is 332 g/mol. The highest BCUT2D eigenvalue weighted by molar-refractivity contribution is 5.28. The number of methoxy groups -OCH3 is 1. The van der Waals surface area contributed by atoms with Gasteiger partial charge in [0.05, 0.1) is 6.61 Å². The molecule has 0 radical (unpaired) electrons. The van der Waals surface area contributed by atoms with E-state index in [1.807, 2.05) is 6.07 Å². The fraction of sp³-hybridized carbons (Fsp3) is 0.600. The van der Waals surface area contributed by atoms with Crippen LogP contribution < -0.4 is 10.1 Å². The Morgan fingerprint density at radius 2 is 2.08 bits per heavy atom. The molecular formula is C20H32N2O2. The molecule has 134 valence electrons. The third kappa shape index (κ3) is 7.04. The van der Waals surface area contributed by atoms with Gasteiger partial charge in [0.1, 0.15) is 5.75 Å². The molecule has 0 bridgehead atoms. The third-order valence-corrected chi connectivity index (χ3v) is 4.34. The van der Waals surface area contributed by atoms with Gasteiger partial charge in [0.2, 0.25) is 0 Å². The van der Waals surface area contributed by atoms with Crippen LogP contribution in [0.5, 0.6) is 5.75 Å². The fourth-order valence-corrected chi connectivity index (χ4v) is 3.08. The lowest BCUT2D eigenvalue weighted by atomic mass is 10.0. The molecule has 0 atom stereocenters. The summed E-state index contributed by atoms with van der Waals surface area (Å²) < 4.78 is 10.8. The molecular weight excluding hydrogens is 300 g/mol. The molecule has 1 heterocycles. The number of benzene rings is 1. The van der Waals surface area contributed by atoms with Gasteiger partial charge in [-0.2, -0.15) is 0 Å². The number of hydrogen-bond donors (Lipinski definition) is 1. The molecule has 1 aromatic carbocycles. The first-order chi connectivity index (χ1) is 11.7. The van der Waals surface area contributed by atoms with Crippen molar-refractivity contribution in [1.29, 1.82) is 0 Å². The number of likely N-dealkylation sites (tertiary alicyclic amines) is 1. The van der Waals surface area contributed by atoms with E-state index in [2.05, 4.69) is 41.9 Å². The fourth-order valence-electron chi connectivity index (χ4n) is 3.08. The van der Waals surface area contributed by atoms with Gasteiger partial charge in [0.25, 0.3) is 0 Å². The third-order valence-electron chi connectivity index (χ3n) is 4.34. The number of nitrogens with zero attached hydrogens (tertiary/aromatic N) is 1. The van der Waals surface area contributed by atoms with Crippen molar-refractivity contribution in [3.05, 3.63) is 42.0 Å². The van der Waals surface area contributed by atoms with E-state index in [9.17, 15) is 0 Å². The zero-order chi connectivity index (χ0) is 17.2. The maximum absolute atomic E-state index is 5.77. The molecule has 1 saturated heterocycles. The first-order valence-electron chi connectivity index (χ1n) is 8.98. The summed E-state index contributed by atoms with van der Waals surface area (Å²) in [4.78, 5) is 2.50. The molecule has 0 unspecified atom stereocenters. The Labute approximate surface area is 146 Å². The maximum Gasteiger partial charge on any atom is 0.119 e. The molecule has 0 aliphatic carbocycles. The highest BCUT2D eigenvalue weighted by Gasteiger charge is 2.18. The Kier molecular flexibility index (Phi) is 8.29. The zero-order valence-electron chi connectivity index (χ0n) is 15.2. The minimum atomic E-state index is 0.609. The van der Waals surface area contributed by atoms with Crippen molar-refractivity contribution in [3.63, 3.8) is 0 Å². The lowest BCUT2D eigenvalue weighted by molar-refractivity contribution is 0.172. The van der Waals surface area contributed by atoms with E-state index in [4.69, 9.17) is 9.47 Å². The van der Waals surface area contributed by atoms with Crippen LogP contribution in [0, 0.1) is 0 Å². The lowest BCUT2D eigenvalue weighted by Crippen LogP contribution is -2.42. The van der Waals surface area contributed by atoms with Crippen LogP contribution in [0.2, 0.25) is 0 Å². The van der Waals surface area contributed by atoms with Crippen LogP contribution in [0.4, 0.5) is 0 Å². The first-order valence-corrected chi connectivity index (χ1v) is 8.98. The van der Waals surface area contributed by atoms with Crippen molar-refractivity contribution in [3.8, 4) is 5.75 Å². The van der Waals surface area contributed by atoms with Crippen molar-refractivity contribution in [2.24, 2.45) is 0 Å². The Morgan fingerprint density at radius 1 is 1.29 bits per heavy atom. The minimum absolute atomic E-state index is 0.609. The van der Waals surface area contributed by atoms with E-state index in [1.54, 1.807) is 7.11 Å². The Bertz CT molecular complexity index is 496. The molecule has 1 aliphatic rings. The van der Waals surface area contributed by atoms with Gasteiger partial charge in [-0.3, -0.25) is 4.90 Å². The minimum Gasteiger partial charge on any atom is -0.493 e. The van der Waals surface area contributed by atoms with Crippen LogP contribution in [0.15, 0.2) is 36.4 Å². The molecule has 0 spiro atoms. The van der Waals surface area contributed by atoms with E-state index in [0.29, 0.717) is 12.6 Å². The number of piperidine rings is 1. The number of nitrogens with one attached hydrogen (secondary N) is 1. The van der Waals surface area contributed by atoms with Crippen LogP contribution in [-0.4, -0.2) is 50.9 Å². The average molecular weight is 332 g/mol. The Morgan fingerprint density at radius 3 is 2.79 bits per heavy atom. The van der Waals surface area contributed by atoms with E-state index >= 15 is 0 Å². The molecule has 4 nitrogen and oxygen atoms in total. The summed E-state index contributed by atoms with van der Waals surface area (Å²) in [5.74, 6) is 0.946. The number of rotatable bonds is 10. The van der Waals surface area contributed by atoms with Crippen molar-refractivity contribution in [2.75, 3.05) is 40.0 Å². The van der Waals surface area contributed by atoms with Crippen LogP contribution in [0.3, 0.4) is 0 Å². The lowest BCUT2D eigenvalue weighted by Gasteiger charge is -2.32. The number of ether oxygens (including phenoxy) is 2. The average Bonchev–Trinajstić information content (AvgIpc) is 2.58. The summed E-state index contributed by atoms with van der Waals surface area (Å²) in [5, 5.41) is 3.69. The van der Waals surface area contributed by atoms with Gasteiger partial charge in [-0.05, 0) is 50.6 Å². The molecule has 1 aliphatic heterocycles. The van der Waals surface area contributed by atoms with Crippen molar-refractivity contribution >= 4 is 0 Å². The maximum atomic E-state index is 5.77. The summed E-state index contributed by atoms with van der Waals surface area (Å²) >= 11 is 0. The van der Waals surface area contributed by atoms with Gasteiger partial charge in [0.15, 0.2) is 0 Å². The molecule has 1 aromatic rings. The molecule has 0 amide bonds. The summed E-state index contributed by atoms with van der Waals surface area (Å²) in [6, 6.07) is 8.99. The zero-order valence-corrected chi connectivity index (χ0v) is 15.2. The van der Waals surface area contributed by atoms with E-state index in [1.165, 1.54) is 24.0 Å². The predicted molar refractivity (Wildman–Crippen MR) is 99.5 cm³/mol. The molecule has 24 heavy (non-hydrogen) atoms. The molecule has 0 saturated carbocycles. The van der Waals surface area contributed by atoms with E-state index in [-0.39, 0.29) is 0 Å². The molecule has 1 fully saturated rings. The molecule has 4 heteroatoms. The second kappa shape index (κ2) is 10.5. The second-order valence-electron chi connectivity index (χ2n) is 6.73. The highest BCUT2D eigenvalue weighted by atomic mass is 16.5. The normalized spacial score (nSPS) is 16.2. The van der Waals surface area contributed by atoms with Gasteiger partial charge in [-0.15, -0.1) is 0 Å². The largest absolute Gasteiger partial charge is 0.493 e. The second-order valence-corrected chi connectivity index (χ2v) is 6.73. The number of hydrogen-bond acceptors (Lipinski definition) is 4. The topological polar surface area (TPSA) is 33.7 Å². The first kappa shape index (κ1) is 19.0.